The summed E-state index contributed by atoms with van der Waals surface area (Å²) in [6.07, 6.45) is 1.82. The summed E-state index contributed by atoms with van der Waals surface area (Å²) >= 11 is 0. The van der Waals surface area contributed by atoms with Gasteiger partial charge in [-0.25, -0.2) is 0 Å². The fourth-order valence-corrected chi connectivity index (χ4v) is 2.39. The van der Waals surface area contributed by atoms with E-state index in [1.165, 1.54) is 0 Å². The summed E-state index contributed by atoms with van der Waals surface area (Å²) < 4.78 is 10.6. The maximum Gasteiger partial charge on any atom is 0.256 e. The van der Waals surface area contributed by atoms with E-state index in [4.69, 9.17) is 9.47 Å². The van der Waals surface area contributed by atoms with Gasteiger partial charge in [0.1, 0.15) is 11.5 Å². The average Bonchev–Trinajstić information content (AvgIpc) is 2.83. The predicted molar refractivity (Wildman–Crippen MR) is 82.5 cm³/mol. The van der Waals surface area contributed by atoms with Gasteiger partial charge in [-0.2, -0.15) is 0 Å². The van der Waals surface area contributed by atoms with Crippen LogP contribution in [0.1, 0.15) is 11.1 Å². The van der Waals surface area contributed by atoms with Crippen LogP contribution in [0.15, 0.2) is 42.5 Å². The highest BCUT2D eigenvalue weighted by atomic mass is 16.5. The van der Waals surface area contributed by atoms with Crippen LogP contribution in [-0.4, -0.2) is 20.1 Å². The van der Waals surface area contributed by atoms with Crippen molar-refractivity contribution in [1.82, 2.24) is 0 Å². The highest BCUT2D eigenvalue weighted by Crippen LogP contribution is 2.35. The van der Waals surface area contributed by atoms with Gasteiger partial charge in [0, 0.05) is 22.4 Å². The fraction of sp³-hybridized carbons (Fsp3) is 0.118. The SMILES string of the molecule is COc1ccc(OC)c(/C=C2\C(=O)Nc3ccccc32)c1. The number of hydrogen-bond donors (Lipinski definition) is 1. The molecule has 3 rings (SSSR count). The van der Waals surface area contributed by atoms with E-state index in [1.54, 1.807) is 14.2 Å². The Kier molecular flexibility index (Phi) is 3.36. The molecule has 0 radical (unpaired) electrons. The van der Waals surface area contributed by atoms with Crippen LogP contribution >= 0.6 is 0 Å². The second kappa shape index (κ2) is 5.32. The summed E-state index contributed by atoms with van der Waals surface area (Å²) in [6, 6.07) is 13.1. The number of methoxy groups -OCH3 is 2. The lowest BCUT2D eigenvalue weighted by Gasteiger charge is -2.08. The van der Waals surface area contributed by atoms with E-state index in [-0.39, 0.29) is 5.91 Å². The smallest absolute Gasteiger partial charge is 0.256 e. The molecule has 0 fully saturated rings. The summed E-state index contributed by atoms with van der Waals surface area (Å²) in [5.41, 5.74) is 3.15. The minimum atomic E-state index is -0.110. The van der Waals surface area contributed by atoms with Crippen molar-refractivity contribution < 1.29 is 14.3 Å². The Hall–Kier alpha value is -2.75. The monoisotopic (exact) mass is 281 g/mol. The van der Waals surface area contributed by atoms with Gasteiger partial charge in [-0.3, -0.25) is 4.79 Å². The summed E-state index contributed by atoms with van der Waals surface area (Å²) in [5.74, 6) is 1.30. The molecule has 0 saturated heterocycles. The quantitative estimate of drug-likeness (QED) is 0.879. The third-order valence-corrected chi connectivity index (χ3v) is 3.45. The number of benzene rings is 2. The summed E-state index contributed by atoms with van der Waals surface area (Å²) in [4.78, 5) is 12.1. The number of anilines is 1. The maximum atomic E-state index is 12.1. The molecule has 21 heavy (non-hydrogen) atoms. The predicted octanol–water partition coefficient (Wildman–Crippen LogP) is 3.20. The van der Waals surface area contributed by atoms with Gasteiger partial charge >= 0.3 is 0 Å². The normalized spacial score (nSPS) is 14.8. The molecule has 1 aliphatic heterocycles. The second-order valence-electron chi connectivity index (χ2n) is 4.67. The maximum absolute atomic E-state index is 12.1. The molecule has 1 amide bonds. The highest BCUT2D eigenvalue weighted by molar-refractivity contribution is 6.35. The van der Waals surface area contributed by atoms with E-state index in [9.17, 15) is 4.79 Å². The largest absolute Gasteiger partial charge is 0.497 e. The van der Waals surface area contributed by atoms with E-state index in [0.29, 0.717) is 17.1 Å². The van der Waals surface area contributed by atoms with E-state index in [1.807, 2.05) is 48.5 Å². The first-order valence-corrected chi connectivity index (χ1v) is 6.57. The Bertz CT molecular complexity index is 735. The Morgan fingerprint density at radius 2 is 1.86 bits per heavy atom. The van der Waals surface area contributed by atoms with Gasteiger partial charge in [-0.1, -0.05) is 18.2 Å². The number of rotatable bonds is 3. The van der Waals surface area contributed by atoms with Crippen molar-refractivity contribution in [3.8, 4) is 11.5 Å². The summed E-state index contributed by atoms with van der Waals surface area (Å²) in [5, 5.41) is 2.85. The van der Waals surface area contributed by atoms with Crippen molar-refractivity contribution >= 4 is 23.2 Å². The lowest BCUT2D eigenvalue weighted by molar-refractivity contribution is -0.110. The first kappa shape index (κ1) is 13.2. The number of amides is 1. The van der Waals surface area contributed by atoms with Crippen LogP contribution in [-0.2, 0) is 4.79 Å². The number of nitrogens with one attached hydrogen (secondary N) is 1. The lowest BCUT2D eigenvalue weighted by Crippen LogP contribution is -2.03. The molecule has 2 aromatic carbocycles. The topological polar surface area (TPSA) is 47.6 Å². The van der Waals surface area contributed by atoms with E-state index in [0.717, 1.165) is 16.8 Å². The molecule has 0 spiro atoms. The standard InChI is InChI=1S/C17H15NO3/c1-20-12-7-8-16(21-2)11(9-12)10-14-13-5-3-4-6-15(13)18-17(14)19/h3-10H,1-2H3,(H,18,19)/b14-10-. The minimum Gasteiger partial charge on any atom is -0.497 e. The molecule has 0 aromatic heterocycles. The number of carbonyl (C=O) groups is 1. The Morgan fingerprint density at radius 1 is 1.05 bits per heavy atom. The lowest BCUT2D eigenvalue weighted by atomic mass is 10.0. The molecule has 1 aliphatic rings. The number of ether oxygens (including phenoxy) is 2. The average molecular weight is 281 g/mol. The zero-order valence-corrected chi connectivity index (χ0v) is 11.8. The molecule has 0 atom stereocenters. The van der Waals surface area contributed by atoms with Crippen LogP contribution in [0.3, 0.4) is 0 Å². The summed E-state index contributed by atoms with van der Waals surface area (Å²) in [6.45, 7) is 0. The van der Waals surface area contributed by atoms with Gasteiger partial charge in [-0.15, -0.1) is 0 Å². The van der Waals surface area contributed by atoms with Crippen molar-refractivity contribution in [2.75, 3.05) is 19.5 Å². The molecular weight excluding hydrogens is 266 g/mol. The first-order chi connectivity index (χ1) is 10.2. The highest BCUT2D eigenvalue weighted by Gasteiger charge is 2.23. The Labute approximate surface area is 123 Å². The molecule has 0 saturated carbocycles. The number of para-hydroxylation sites is 1. The molecule has 106 valence electrons. The van der Waals surface area contributed by atoms with Crippen molar-refractivity contribution in [2.24, 2.45) is 0 Å². The Balaban J connectivity index is 2.12. The molecule has 0 unspecified atom stereocenters. The molecule has 1 N–H and O–H groups in total. The van der Waals surface area contributed by atoms with E-state index in [2.05, 4.69) is 5.32 Å². The third kappa shape index (κ3) is 2.36. The molecule has 0 bridgehead atoms. The van der Waals surface area contributed by atoms with Gasteiger partial charge < -0.3 is 14.8 Å². The molecule has 0 aliphatic carbocycles. The van der Waals surface area contributed by atoms with Crippen molar-refractivity contribution in [1.29, 1.82) is 0 Å². The van der Waals surface area contributed by atoms with E-state index >= 15 is 0 Å². The van der Waals surface area contributed by atoms with Gasteiger partial charge in [0.25, 0.3) is 5.91 Å². The summed E-state index contributed by atoms with van der Waals surface area (Å²) in [7, 11) is 3.21. The Morgan fingerprint density at radius 3 is 2.62 bits per heavy atom. The second-order valence-corrected chi connectivity index (χ2v) is 4.67. The van der Waals surface area contributed by atoms with Crippen LogP contribution in [0, 0.1) is 0 Å². The molecular formula is C17H15NO3. The van der Waals surface area contributed by atoms with Gasteiger partial charge in [0.05, 0.1) is 14.2 Å². The van der Waals surface area contributed by atoms with Crippen LogP contribution in [0.25, 0.3) is 11.6 Å². The van der Waals surface area contributed by atoms with Crippen molar-refractivity contribution in [2.45, 2.75) is 0 Å². The van der Waals surface area contributed by atoms with Crippen LogP contribution in [0.5, 0.6) is 11.5 Å². The van der Waals surface area contributed by atoms with Gasteiger partial charge in [0.15, 0.2) is 0 Å². The molecule has 4 nitrogen and oxygen atoms in total. The van der Waals surface area contributed by atoms with E-state index < -0.39 is 0 Å². The van der Waals surface area contributed by atoms with Crippen LogP contribution < -0.4 is 14.8 Å². The minimum absolute atomic E-state index is 0.110. The zero-order chi connectivity index (χ0) is 14.8. The van der Waals surface area contributed by atoms with Crippen molar-refractivity contribution in [3.05, 3.63) is 53.6 Å². The molecule has 2 aromatic rings. The number of hydrogen-bond acceptors (Lipinski definition) is 3. The molecule has 4 heteroatoms. The van der Waals surface area contributed by atoms with Crippen LogP contribution in [0.2, 0.25) is 0 Å². The third-order valence-electron chi connectivity index (χ3n) is 3.45. The van der Waals surface area contributed by atoms with Crippen molar-refractivity contribution in [3.63, 3.8) is 0 Å². The first-order valence-electron chi connectivity index (χ1n) is 6.57. The fourth-order valence-electron chi connectivity index (χ4n) is 2.39. The van der Waals surface area contributed by atoms with Gasteiger partial charge in [-0.05, 0) is 30.3 Å². The van der Waals surface area contributed by atoms with Gasteiger partial charge in [0.2, 0.25) is 0 Å². The number of fused-ring (bicyclic) bond motifs is 1. The zero-order valence-electron chi connectivity index (χ0n) is 11.8. The number of carbonyl (C=O) groups excluding carboxylic acids is 1. The van der Waals surface area contributed by atoms with Crippen LogP contribution in [0.4, 0.5) is 5.69 Å². The molecule has 1 heterocycles.